The number of hydrogen-bond donors (Lipinski definition) is 1. The number of Topliss-reactive ketones (excluding diaryl/α,β-unsaturated/α-hetero) is 1. The van der Waals surface area contributed by atoms with Gasteiger partial charge in [-0.25, -0.2) is 0 Å². The summed E-state index contributed by atoms with van der Waals surface area (Å²) in [6.45, 7) is 1.43. The van der Waals surface area contributed by atoms with E-state index in [4.69, 9.17) is 4.74 Å². The molecule has 1 aliphatic carbocycles. The second kappa shape index (κ2) is 10.3. The van der Waals surface area contributed by atoms with Crippen molar-refractivity contribution in [1.82, 2.24) is 4.90 Å². The minimum atomic E-state index is -0.837. The average Bonchev–Trinajstić information content (AvgIpc) is 3.32. The lowest BCUT2D eigenvalue weighted by Crippen LogP contribution is -2.60. The number of phenolic OH excluding ortho intramolecular Hbond substituents is 1. The Kier molecular flexibility index (Phi) is 7.26. The van der Waals surface area contributed by atoms with Gasteiger partial charge in [0.2, 0.25) is 0 Å². The van der Waals surface area contributed by atoms with E-state index in [9.17, 15) is 14.7 Å². The molecule has 1 atom stereocenters. The lowest BCUT2D eigenvalue weighted by atomic mass is 9.84. The molecule has 0 spiro atoms. The van der Waals surface area contributed by atoms with Crippen molar-refractivity contribution in [3.05, 3.63) is 65.7 Å². The molecule has 1 aliphatic heterocycles. The fourth-order valence-electron chi connectivity index (χ4n) is 5.40. The maximum Gasteiger partial charge on any atom is 0.315 e. The van der Waals surface area contributed by atoms with E-state index in [-0.39, 0.29) is 30.3 Å². The van der Waals surface area contributed by atoms with Crippen LogP contribution >= 0.6 is 0 Å². The van der Waals surface area contributed by atoms with E-state index in [1.165, 1.54) is 5.56 Å². The third-order valence-electron chi connectivity index (χ3n) is 6.93. The summed E-state index contributed by atoms with van der Waals surface area (Å²) in [6, 6.07) is 17.7. The van der Waals surface area contributed by atoms with Crippen LogP contribution in [-0.2, 0) is 27.2 Å². The van der Waals surface area contributed by atoms with Crippen molar-refractivity contribution in [2.24, 2.45) is 5.92 Å². The highest BCUT2D eigenvalue weighted by atomic mass is 16.6. The molecule has 5 nitrogen and oxygen atoms in total. The van der Waals surface area contributed by atoms with Crippen molar-refractivity contribution in [1.29, 1.82) is 0 Å². The molecular formula is C27H33NO4. The molecule has 2 fully saturated rings. The van der Waals surface area contributed by atoms with Gasteiger partial charge in [0.15, 0.2) is 5.72 Å². The van der Waals surface area contributed by atoms with E-state index in [1.807, 2.05) is 18.2 Å². The van der Waals surface area contributed by atoms with Crippen LogP contribution in [0.2, 0.25) is 0 Å². The van der Waals surface area contributed by atoms with Crippen molar-refractivity contribution < 1.29 is 19.4 Å². The second-order valence-corrected chi connectivity index (χ2v) is 9.19. The summed E-state index contributed by atoms with van der Waals surface area (Å²) >= 11 is 0. The number of ketones is 1. The van der Waals surface area contributed by atoms with E-state index < -0.39 is 11.7 Å². The van der Waals surface area contributed by atoms with Gasteiger partial charge >= 0.3 is 5.97 Å². The van der Waals surface area contributed by atoms with Crippen LogP contribution in [0.5, 0.6) is 5.75 Å². The number of carbonyl (C=O) groups is 2. The maximum absolute atomic E-state index is 12.6. The first-order chi connectivity index (χ1) is 15.5. The average molecular weight is 436 g/mol. The molecule has 1 saturated heterocycles. The number of nitrogens with zero attached hydrogens (tertiary/aromatic N) is 1. The molecule has 2 aromatic carbocycles. The monoisotopic (exact) mass is 435 g/mol. The molecule has 170 valence electrons. The summed E-state index contributed by atoms with van der Waals surface area (Å²) in [5.41, 5.74) is 1.48. The molecule has 1 N–H and O–H groups in total. The van der Waals surface area contributed by atoms with Crippen molar-refractivity contribution in [3.63, 3.8) is 0 Å². The summed E-state index contributed by atoms with van der Waals surface area (Å²) in [5, 5.41) is 9.86. The molecule has 0 amide bonds. The highest BCUT2D eigenvalue weighted by molar-refractivity contribution is 5.98. The zero-order valence-corrected chi connectivity index (χ0v) is 18.7. The molecule has 5 heteroatoms. The zero-order valence-electron chi connectivity index (χ0n) is 18.7. The molecule has 4 rings (SSSR count). The van der Waals surface area contributed by atoms with Crippen LogP contribution in [0.4, 0.5) is 0 Å². The Bertz CT molecular complexity index is 904. The van der Waals surface area contributed by atoms with Gasteiger partial charge in [-0.1, -0.05) is 55.3 Å². The number of phenols is 1. The van der Waals surface area contributed by atoms with Gasteiger partial charge < -0.3 is 9.84 Å². The number of esters is 1. The van der Waals surface area contributed by atoms with Crippen molar-refractivity contribution in [3.8, 4) is 5.75 Å². The van der Waals surface area contributed by atoms with Gasteiger partial charge in [0.1, 0.15) is 18.0 Å². The molecule has 0 aromatic heterocycles. The van der Waals surface area contributed by atoms with Crippen molar-refractivity contribution in [2.75, 3.05) is 13.1 Å². The Morgan fingerprint density at radius 2 is 1.69 bits per heavy atom. The van der Waals surface area contributed by atoms with Gasteiger partial charge in [0, 0.05) is 19.0 Å². The molecule has 0 radical (unpaired) electrons. The van der Waals surface area contributed by atoms with Crippen LogP contribution in [-0.4, -0.2) is 40.6 Å². The number of rotatable bonds is 9. The lowest BCUT2D eigenvalue weighted by Gasteiger charge is -2.48. The Balaban J connectivity index is 1.56. The standard InChI is InChI=1S/C27H33NO4/c29-24-14-6-10-22(18-24)15-17-28(16-7-11-21-8-2-1-3-9-21)27(23-12-4-5-13-23)20-25(30)19-26(31)32-27/h1-3,6,8-10,14,18,23,29H,4-5,7,11-13,15-17,19-20H2. The SMILES string of the molecule is O=C1CC(=O)OC(C2CCCC2)(N(CCCc2ccccc2)CCc2cccc(O)c2)C1. The maximum atomic E-state index is 12.6. The molecule has 1 heterocycles. The Labute approximate surface area is 190 Å². The van der Waals surface area contributed by atoms with Crippen molar-refractivity contribution in [2.45, 2.75) is 63.5 Å². The Morgan fingerprint density at radius 3 is 2.41 bits per heavy atom. The molecule has 2 aromatic rings. The number of ether oxygens (including phenoxy) is 1. The third-order valence-corrected chi connectivity index (χ3v) is 6.93. The fraction of sp³-hybridized carbons (Fsp3) is 0.481. The summed E-state index contributed by atoms with van der Waals surface area (Å²) in [6.07, 6.45) is 6.96. The first kappa shape index (κ1) is 22.5. The van der Waals surface area contributed by atoms with Crippen LogP contribution < -0.4 is 0 Å². The molecule has 1 saturated carbocycles. The van der Waals surface area contributed by atoms with E-state index in [2.05, 4.69) is 29.2 Å². The van der Waals surface area contributed by atoms with Gasteiger partial charge in [-0.15, -0.1) is 0 Å². The van der Waals surface area contributed by atoms with Gasteiger partial charge in [-0.05, 0) is 55.4 Å². The Morgan fingerprint density at radius 1 is 0.938 bits per heavy atom. The summed E-state index contributed by atoms with van der Waals surface area (Å²) in [7, 11) is 0. The number of hydrogen-bond acceptors (Lipinski definition) is 5. The largest absolute Gasteiger partial charge is 0.508 e. The van der Waals surface area contributed by atoms with Crippen LogP contribution in [0.3, 0.4) is 0 Å². The van der Waals surface area contributed by atoms with E-state index in [0.717, 1.165) is 57.1 Å². The van der Waals surface area contributed by atoms with Crippen molar-refractivity contribution >= 4 is 11.8 Å². The van der Waals surface area contributed by atoms with E-state index >= 15 is 0 Å². The molecule has 0 bridgehead atoms. The Hall–Kier alpha value is -2.66. The summed E-state index contributed by atoms with van der Waals surface area (Å²) < 4.78 is 6.12. The predicted molar refractivity (Wildman–Crippen MR) is 123 cm³/mol. The zero-order chi connectivity index (χ0) is 22.4. The number of aryl methyl sites for hydroxylation is 1. The highest BCUT2D eigenvalue weighted by Gasteiger charge is 2.51. The van der Waals surface area contributed by atoms with Gasteiger partial charge in [0.25, 0.3) is 0 Å². The smallest absolute Gasteiger partial charge is 0.315 e. The summed E-state index contributed by atoms with van der Waals surface area (Å²) in [4.78, 5) is 27.3. The fourth-order valence-corrected chi connectivity index (χ4v) is 5.40. The van der Waals surface area contributed by atoms with Gasteiger partial charge in [0.05, 0.1) is 6.42 Å². The minimum absolute atomic E-state index is 0.0152. The quantitative estimate of drug-likeness (QED) is 0.458. The predicted octanol–water partition coefficient (Wildman–Crippen LogP) is 4.66. The lowest BCUT2D eigenvalue weighted by molar-refractivity contribution is -0.213. The second-order valence-electron chi connectivity index (χ2n) is 9.19. The molecular weight excluding hydrogens is 402 g/mol. The minimum Gasteiger partial charge on any atom is -0.508 e. The van der Waals surface area contributed by atoms with Crippen LogP contribution in [0.15, 0.2) is 54.6 Å². The van der Waals surface area contributed by atoms with Gasteiger partial charge in [-0.2, -0.15) is 0 Å². The van der Waals surface area contributed by atoms with Gasteiger partial charge in [-0.3, -0.25) is 14.5 Å². The highest BCUT2D eigenvalue weighted by Crippen LogP contribution is 2.43. The van der Waals surface area contributed by atoms with E-state index in [0.29, 0.717) is 6.54 Å². The first-order valence-corrected chi connectivity index (χ1v) is 11.9. The molecule has 2 aliphatic rings. The number of cyclic esters (lactones) is 1. The van der Waals surface area contributed by atoms with E-state index in [1.54, 1.807) is 12.1 Å². The van der Waals surface area contributed by atoms with Crippen LogP contribution in [0.1, 0.15) is 56.1 Å². The topological polar surface area (TPSA) is 66.8 Å². The summed E-state index contributed by atoms with van der Waals surface area (Å²) in [5.74, 6) is 0.0386. The molecule has 32 heavy (non-hydrogen) atoms. The van der Waals surface area contributed by atoms with Crippen LogP contribution in [0.25, 0.3) is 0 Å². The first-order valence-electron chi connectivity index (χ1n) is 11.9. The normalized spacial score (nSPS) is 21.8. The molecule has 1 unspecified atom stereocenters. The van der Waals surface area contributed by atoms with Crippen LogP contribution in [0, 0.1) is 5.92 Å². The number of benzene rings is 2. The number of aromatic hydroxyl groups is 1. The third kappa shape index (κ3) is 5.39. The number of carbonyl (C=O) groups excluding carboxylic acids is 2.